The van der Waals surface area contributed by atoms with Crippen molar-refractivity contribution in [2.75, 3.05) is 19.6 Å². The van der Waals surface area contributed by atoms with Crippen molar-refractivity contribution >= 4 is 23.3 Å². The Balaban J connectivity index is 1.69. The second kappa shape index (κ2) is 5.47. The molecule has 102 valence electrons. The molecule has 0 saturated carbocycles. The van der Waals surface area contributed by atoms with Crippen LogP contribution in [0.15, 0.2) is 23.6 Å². The summed E-state index contributed by atoms with van der Waals surface area (Å²) in [6.45, 7) is 5.25. The second-order valence-electron chi connectivity index (χ2n) is 5.40. The molecule has 3 nitrogen and oxygen atoms in total. The predicted molar refractivity (Wildman–Crippen MR) is 79.0 cm³/mol. The topological polar surface area (TPSA) is 32.3 Å². The molecule has 1 aromatic heterocycles. The molecule has 19 heavy (non-hydrogen) atoms. The van der Waals surface area contributed by atoms with E-state index in [4.69, 9.17) is 0 Å². The molecule has 1 aromatic rings. The third kappa shape index (κ3) is 2.47. The maximum atomic E-state index is 12.4. The fourth-order valence-corrected chi connectivity index (χ4v) is 4.05. The van der Waals surface area contributed by atoms with Gasteiger partial charge in [0.25, 0.3) is 0 Å². The zero-order valence-electron chi connectivity index (χ0n) is 11.2. The van der Waals surface area contributed by atoms with E-state index in [2.05, 4.69) is 17.1 Å². The van der Waals surface area contributed by atoms with E-state index in [9.17, 15) is 4.79 Å². The van der Waals surface area contributed by atoms with Gasteiger partial charge in [0.2, 0.25) is 5.91 Å². The van der Waals surface area contributed by atoms with Crippen molar-refractivity contribution < 1.29 is 4.79 Å². The van der Waals surface area contributed by atoms with Crippen molar-refractivity contribution in [2.45, 2.75) is 19.4 Å². The average molecular weight is 276 g/mol. The van der Waals surface area contributed by atoms with Gasteiger partial charge in [-0.25, -0.2) is 0 Å². The summed E-state index contributed by atoms with van der Waals surface area (Å²) in [5.41, 5.74) is 0. The minimum atomic E-state index is 0.176. The van der Waals surface area contributed by atoms with E-state index in [1.165, 1.54) is 0 Å². The Hall–Kier alpha value is -1.13. The number of carbonyl (C=O) groups excluding carboxylic acids is 1. The minimum Gasteiger partial charge on any atom is -0.336 e. The molecule has 2 saturated heterocycles. The van der Waals surface area contributed by atoms with Gasteiger partial charge in [-0.2, -0.15) is 0 Å². The van der Waals surface area contributed by atoms with Crippen LogP contribution in [-0.2, 0) is 4.79 Å². The molecule has 0 spiro atoms. The summed E-state index contributed by atoms with van der Waals surface area (Å²) in [6.07, 6.45) is 4.73. The van der Waals surface area contributed by atoms with Crippen molar-refractivity contribution in [3.8, 4) is 0 Å². The first-order chi connectivity index (χ1) is 9.29. The van der Waals surface area contributed by atoms with Gasteiger partial charge in [-0.05, 0) is 35.8 Å². The summed E-state index contributed by atoms with van der Waals surface area (Å²) >= 11 is 1.66. The highest BCUT2D eigenvalue weighted by atomic mass is 32.1. The Kier molecular flexibility index (Phi) is 3.71. The Morgan fingerprint density at radius 1 is 1.58 bits per heavy atom. The van der Waals surface area contributed by atoms with Crippen LogP contribution in [0.25, 0.3) is 6.08 Å². The van der Waals surface area contributed by atoms with Crippen molar-refractivity contribution in [1.82, 2.24) is 10.2 Å². The molecule has 3 rings (SSSR count). The third-order valence-corrected chi connectivity index (χ3v) is 5.19. The van der Waals surface area contributed by atoms with E-state index in [0.29, 0.717) is 17.9 Å². The van der Waals surface area contributed by atoms with Gasteiger partial charge >= 0.3 is 0 Å². The zero-order valence-corrected chi connectivity index (χ0v) is 12.0. The summed E-state index contributed by atoms with van der Waals surface area (Å²) in [7, 11) is 0. The van der Waals surface area contributed by atoms with Gasteiger partial charge < -0.3 is 10.2 Å². The van der Waals surface area contributed by atoms with Gasteiger partial charge in [0.15, 0.2) is 0 Å². The molecular weight excluding hydrogens is 256 g/mol. The number of likely N-dealkylation sites (tertiary alicyclic amines) is 1. The normalized spacial score (nSPS) is 30.2. The number of fused-ring (bicyclic) bond motifs is 1. The molecule has 0 radical (unpaired) electrons. The largest absolute Gasteiger partial charge is 0.336 e. The molecule has 3 heterocycles. The van der Waals surface area contributed by atoms with Crippen LogP contribution < -0.4 is 5.32 Å². The lowest BCUT2D eigenvalue weighted by Gasteiger charge is -2.25. The Labute approximate surface area is 118 Å². The van der Waals surface area contributed by atoms with Crippen LogP contribution in [0.3, 0.4) is 0 Å². The Morgan fingerprint density at radius 2 is 2.47 bits per heavy atom. The van der Waals surface area contributed by atoms with E-state index in [1.54, 1.807) is 17.4 Å². The van der Waals surface area contributed by atoms with Gasteiger partial charge in [0.1, 0.15) is 0 Å². The maximum Gasteiger partial charge on any atom is 0.246 e. The van der Waals surface area contributed by atoms with Crippen LogP contribution in [0.4, 0.5) is 0 Å². The zero-order chi connectivity index (χ0) is 13.2. The van der Waals surface area contributed by atoms with Crippen LogP contribution in [0.1, 0.15) is 18.2 Å². The van der Waals surface area contributed by atoms with Crippen LogP contribution in [-0.4, -0.2) is 36.5 Å². The molecule has 2 aliphatic rings. The molecule has 0 aliphatic carbocycles. The van der Waals surface area contributed by atoms with Crippen LogP contribution in [0, 0.1) is 11.8 Å². The number of hydrogen-bond acceptors (Lipinski definition) is 3. The van der Waals surface area contributed by atoms with Crippen molar-refractivity contribution in [3.63, 3.8) is 0 Å². The van der Waals surface area contributed by atoms with Crippen molar-refractivity contribution in [1.29, 1.82) is 0 Å². The van der Waals surface area contributed by atoms with Gasteiger partial charge in [-0.1, -0.05) is 13.0 Å². The molecule has 2 aliphatic heterocycles. The lowest BCUT2D eigenvalue weighted by Crippen LogP contribution is -2.38. The SMILES string of the molecule is CCC1C2CNCC2CN1C(=O)C=Cc1cccs1. The maximum absolute atomic E-state index is 12.4. The van der Waals surface area contributed by atoms with E-state index in [0.717, 1.165) is 30.9 Å². The number of thiophene rings is 1. The Morgan fingerprint density at radius 3 is 3.21 bits per heavy atom. The Bertz CT molecular complexity index is 468. The fourth-order valence-electron chi connectivity index (χ4n) is 3.43. The summed E-state index contributed by atoms with van der Waals surface area (Å²) in [5.74, 6) is 1.49. The average Bonchev–Trinajstić information content (AvgIpc) is 3.11. The van der Waals surface area contributed by atoms with Gasteiger partial charge in [0.05, 0.1) is 0 Å². The van der Waals surface area contributed by atoms with Crippen LogP contribution in [0.2, 0.25) is 0 Å². The number of rotatable bonds is 3. The quantitative estimate of drug-likeness (QED) is 0.859. The summed E-state index contributed by atoms with van der Waals surface area (Å²) in [4.78, 5) is 15.6. The molecule has 3 atom stereocenters. The molecular formula is C15H20N2OS. The highest BCUT2D eigenvalue weighted by Crippen LogP contribution is 2.34. The number of carbonyl (C=O) groups is 1. The monoisotopic (exact) mass is 276 g/mol. The number of hydrogen-bond donors (Lipinski definition) is 1. The predicted octanol–water partition coefficient (Wildman–Crippen LogP) is 2.22. The molecule has 0 aromatic carbocycles. The fraction of sp³-hybridized carbons (Fsp3) is 0.533. The smallest absolute Gasteiger partial charge is 0.246 e. The highest BCUT2D eigenvalue weighted by molar-refractivity contribution is 7.10. The van der Waals surface area contributed by atoms with E-state index < -0.39 is 0 Å². The molecule has 0 bridgehead atoms. The first kappa shape index (κ1) is 12.9. The highest BCUT2D eigenvalue weighted by Gasteiger charge is 2.44. The van der Waals surface area contributed by atoms with Gasteiger partial charge in [-0.3, -0.25) is 4.79 Å². The second-order valence-corrected chi connectivity index (χ2v) is 6.38. The molecule has 3 unspecified atom stereocenters. The first-order valence-electron chi connectivity index (χ1n) is 7.02. The lowest BCUT2D eigenvalue weighted by molar-refractivity contribution is -0.127. The number of nitrogens with one attached hydrogen (secondary N) is 1. The summed E-state index contributed by atoms with van der Waals surface area (Å²) < 4.78 is 0. The van der Waals surface area contributed by atoms with Crippen molar-refractivity contribution in [2.24, 2.45) is 11.8 Å². The standard InChI is InChI=1S/C15H20N2OS/c1-2-14-13-9-16-8-11(13)10-17(14)15(18)6-5-12-4-3-7-19-12/h3-7,11,13-14,16H,2,8-10H2,1H3. The van der Waals surface area contributed by atoms with Gasteiger partial charge in [-0.15, -0.1) is 11.3 Å². The van der Waals surface area contributed by atoms with E-state index >= 15 is 0 Å². The molecule has 4 heteroatoms. The van der Waals surface area contributed by atoms with Crippen LogP contribution >= 0.6 is 11.3 Å². The van der Waals surface area contributed by atoms with Crippen LogP contribution in [0.5, 0.6) is 0 Å². The summed E-state index contributed by atoms with van der Waals surface area (Å²) in [6, 6.07) is 4.46. The van der Waals surface area contributed by atoms with E-state index in [-0.39, 0.29) is 5.91 Å². The molecule has 2 fully saturated rings. The summed E-state index contributed by atoms with van der Waals surface area (Å²) in [5, 5.41) is 5.48. The first-order valence-corrected chi connectivity index (χ1v) is 7.90. The number of amides is 1. The third-order valence-electron chi connectivity index (χ3n) is 4.35. The van der Waals surface area contributed by atoms with Crippen molar-refractivity contribution in [3.05, 3.63) is 28.5 Å². The van der Waals surface area contributed by atoms with Gasteiger partial charge in [0, 0.05) is 36.6 Å². The lowest BCUT2D eigenvalue weighted by atomic mass is 9.93. The minimum absolute atomic E-state index is 0.176. The molecule has 1 N–H and O–H groups in total. The number of nitrogens with zero attached hydrogens (tertiary/aromatic N) is 1. The van der Waals surface area contributed by atoms with E-state index in [1.807, 2.05) is 23.6 Å². The molecule has 1 amide bonds.